The molecular formula is C30H44FN7O2. The van der Waals surface area contributed by atoms with E-state index in [1.54, 1.807) is 12.1 Å². The van der Waals surface area contributed by atoms with Crippen LogP contribution in [0.15, 0.2) is 60.0 Å². The van der Waals surface area contributed by atoms with Gasteiger partial charge in [0.05, 0.1) is 6.54 Å². The number of hydrogen-bond acceptors (Lipinski definition) is 7. The van der Waals surface area contributed by atoms with Gasteiger partial charge in [-0.3, -0.25) is 19.4 Å². The lowest BCUT2D eigenvalue weighted by Gasteiger charge is -2.34. The number of nitrogens with one attached hydrogen (secondary N) is 3. The largest absolute Gasteiger partial charge is 0.368 e. The predicted octanol–water partition coefficient (Wildman–Crippen LogP) is 4.48. The van der Waals surface area contributed by atoms with E-state index in [1.165, 1.54) is 6.92 Å². The molecule has 0 unspecified atom stereocenters. The minimum absolute atomic E-state index is 0.101. The van der Waals surface area contributed by atoms with Gasteiger partial charge in [0, 0.05) is 64.4 Å². The van der Waals surface area contributed by atoms with Crippen molar-refractivity contribution in [1.29, 1.82) is 0 Å². The maximum atomic E-state index is 14.2. The lowest BCUT2D eigenvalue weighted by Crippen LogP contribution is -2.49. The summed E-state index contributed by atoms with van der Waals surface area (Å²) in [6.45, 7) is 14.0. The van der Waals surface area contributed by atoms with Crippen molar-refractivity contribution in [3.63, 3.8) is 0 Å². The molecule has 1 aromatic heterocycles. The number of aromatic nitrogens is 2. The Morgan fingerprint density at radius 2 is 1.60 bits per heavy atom. The van der Waals surface area contributed by atoms with Crippen molar-refractivity contribution in [3.05, 3.63) is 60.0 Å². The molecule has 0 aliphatic carbocycles. The number of carbonyl (C=O) groups is 2. The molecule has 2 amide bonds. The topological polar surface area (TPSA) is 102 Å². The average molecular weight is 554 g/mol. The number of carbonyl (C=O) groups excluding carboxylic acids is 2. The van der Waals surface area contributed by atoms with Gasteiger partial charge in [-0.05, 0) is 25.0 Å². The quantitative estimate of drug-likeness (QED) is 0.263. The second-order valence-corrected chi connectivity index (χ2v) is 9.11. The van der Waals surface area contributed by atoms with Crippen LogP contribution in [-0.2, 0) is 9.59 Å². The van der Waals surface area contributed by atoms with E-state index in [1.807, 2.05) is 64.1 Å². The third kappa shape index (κ3) is 11.2. The summed E-state index contributed by atoms with van der Waals surface area (Å²) in [7, 11) is 0. The highest BCUT2D eigenvalue weighted by Gasteiger charge is 2.21. The van der Waals surface area contributed by atoms with Gasteiger partial charge in [0.2, 0.25) is 11.8 Å². The number of anilines is 2. The maximum absolute atomic E-state index is 14.2. The molecule has 2 heterocycles. The monoisotopic (exact) mass is 553 g/mol. The zero-order chi connectivity index (χ0) is 29.3. The number of nitrogens with zero attached hydrogens (tertiary/aromatic N) is 4. The van der Waals surface area contributed by atoms with Crippen molar-refractivity contribution in [3.8, 4) is 11.4 Å². The van der Waals surface area contributed by atoms with Gasteiger partial charge in [0.25, 0.3) is 0 Å². The second-order valence-electron chi connectivity index (χ2n) is 9.11. The van der Waals surface area contributed by atoms with Crippen molar-refractivity contribution >= 4 is 23.5 Å². The van der Waals surface area contributed by atoms with E-state index in [-0.39, 0.29) is 24.2 Å². The summed E-state index contributed by atoms with van der Waals surface area (Å²) >= 11 is 0. The van der Waals surface area contributed by atoms with Gasteiger partial charge in [0.15, 0.2) is 5.82 Å². The molecule has 0 saturated carbocycles. The summed E-state index contributed by atoms with van der Waals surface area (Å²) in [5, 5.41) is 8.82. The molecule has 0 bridgehead atoms. The Balaban J connectivity index is 0.00000274. The number of allylic oxidation sites excluding steroid dienone is 2. The van der Waals surface area contributed by atoms with Crippen LogP contribution in [0.2, 0.25) is 0 Å². The third-order valence-electron chi connectivity index (χ3n) is 6.10. The van der Waals surface area contributed by atoms with Crippen LogP contribution >= 0.6 is 0 Å². The Hall–Kier alpha value is -3.63. The Morgan fingerprint density at radius 3 is 2.20 bits per heavy atom. The van der Waals surface area contributed by atoms with Crippen molar-refractivity contribution < 1.29 is 14.0 Å². The molecule has 10 heteroatoms. The molecule has 1 saturated heterocycles. The lowest BCUT2D eigenvalue weighted by molar-refractivity contribution is -0.119. The van der Waals surface area contributed by atoms with Crippen molar-refractivity contribution in [1.82, 2.24) is 25.1 Å². The number of rotatable bonds is 12. The molecule has 0 atom stereocenters. The van der Waals surface area contributed by atoms with Crippen LogP contribution < -0.4 is 16.0 Å². The number of amides is 2. The molecule has 1 aromatic carbocycles. The number of piperazine rings is 1. The van der Waals surface area contributed by atoms with E-state index in [0.29, 0.717) is 49.1 Å². The summed E-state index contributed by atoms with van der Waals surface area (Å²) in [6, 6.07) is 11.2. The zero-order valence-electron chi connectivity index (χ0n) is 24.5. The van der Waals surface area contributed by atoms with Crippen molar-refractivity contribution in [2.45, 2.75) is 41.0 Å². The summed E-state index contributed by atoms with van der Waals surface area (Å²) in [4.78, 5) is 37.4. The molecule has 1 aliphatic heterocycles. The van der Waals surface area contributed by atoms with Crippen LogP contribution in [0, 0.1) is 0 Å². The highest BCUT2D eigenvalue weighted by molar-refractivity contribution is 5.92. The van der Waals surface area contributed by atoms with Gasteiger partial charge in [-0.1, -0.05) is 57.2 Å². The van der Waals surface area contributed by atoms with Crippen LogP contribution in [-0.4, -0.2) is 83.9 Å². The molecular weight excluding hydrogens is 509 g/mol. The average Bonchev–Trinajstić information content (AvgIpc) is 2.96. The third-order valence-corrected chi connectivity index (χ3v) is 6.10. The van der Waals surface area contributed by atoms with Crippen LogP contribution in [0.4, 0.5) is 16.0 Å². The first-order valence-corrected chi connectivity index (χ1v) is 14.1. The first-order valence-electron chi connectivity index (χ1n) is 14.1. The van der Waals surface area contributed by atoms with Gasteiger partial charge in [-0.2, -0.15) is 0 Å². The Labute approximate surface area is 238 Å². The highest BCUT2D eigenvalue weighted by Crippen LogP contribution is 2.20. The van der Waals surface area contributed by atoms with Gasteiger partial charge < -0.3 is 16.0 Å². The van der Waals surface area contributed by atoms with E-state index in [4.69, 9.17) is 0 Å². The van der Waals surface area contributed by atoms with E-state index < -0.39 is 0 Å². The molecule has 40 heavy (non-hydrogen) atoms. The van der Waals surface area contributed by atoms with E-state index >= 15 is 0 Å². The molecule has 0 radical (unpaired) electrons. The standard InChI is InChI=1S/C28H38FN7O2.C2H6/c1-4-9-24(29)22(5-2)19-35-14-16-36(17-15-35)20-27(38)32-26-18-25(31-13-12-30-21(3)37)33-28(34-26)23-10-7-6-8-11-23;1-2/h5-11,18H,4,12-17,19-20H2,1-3H3,(H,30,37)(H2,31,32,33,34,38);1-2H3/b22-5-,24-9+;. The molecule has 0 spiro atoms. The number of halogens is 1. The Kier molecular flexibility index (Phi) is 14.5. The normalized spacial score (nSPS) is 14.7. The van der Waals surface area contributed by atoms with Crippen LogP contribution in [0.25, 0.3) is 11.4 Å². The smallest absolute Gasteiger partial charge is 0.239 e. The highest BCUT2D eigenvalue weighted by atomic mass is 19.1. The summed E-state index contributed by atoms with van der Waals surface area (Å²) in [5.74, 6) is 1.03. The van der Waals surface area contributed by atoms with Gasteiger partial charge in [0.1, 0.15) is 17.5 Å². The SMILES string of the molecule is C/C=C(CN1CCN(CC(=O)Nc2cc(NCCNC(C)=O)nc(-c3ccccc3)n2)CC1)\C(F)=C/CC.CC. The van der Waals surface area contributed by atoms with Crippen LogP contribution in [0.1, 0.15) is 41.0 Å². The van der Waals surface area contributed by atoms with Crippen LogP contribution in [0.5, 0.6) is 0 Å². The fourth-order valence-corrected chi connectivity index (χ4v) is 4.09. The van der Waals surface area contributed by atoms with E-state index in [2.05, 4.69) is 35.7 Å². The molecule has 1 fully saturated rings. The van der Waals surface area contributed by atoms with Gasteiger partial charge >= 0.3 is 0 Å². The molecule has 3 rings (SSSR count). The lowest BCUT2D eigenvalue weighted by atomic mass is 10.1. The summed E-state index contributed by atoms with van der Waals surface area (Å²) < 4.78 is 14.2. The molecule has 3 N–H and O–H groups in total. The maximum Gasteiger partial charge on any atom is 0.239 e. The second kappa shape index (κ2) is 17.9. The molecule has 9 nitrogen and oxygen atoms in total. The van der Waals surface area contributed by atoms with E-state index in [9.17, 15) is 14.0 Å². The number of hydrogen-bond donors (Lipinski definition) is 3. The van der Waals surface area contributed by atoms with Crippen LogP contribution in [0.3, 0.4) is 0 Å². The minimum Gasteiger partial charge on any atom is -0.368 e. The Bertz CT molecular complexity index is 1130. The summed E-state index contributed by atoms with van der Waals surface area (Å²) in [6.07, 6.45) is 4.10. The molecule has 218 valence electrons. The summed E-state index contributed by atoms with van der Waals surface area (Å²) in [5.41, 5.74) is 1.54. The predicted molar refractivity (Wildman–Crippen MR) is 161 cm³/mol. The Morgan fingerprint density at radius 1 is 0.975 bits per heavy atom. The van der Waals surface area contributed by atoms with E-state index in [0.717, 1.165) is 31.7 Å². The van der Waals surface area contributed by atoms with Crippen molar-refractivity contribution in [2.75, 3.05) is 63.0 Å². The number of benzene rings is 1. The first kappa shape index (κ1) is 32.6. The molecule has 1 aliphatic rings. The molecule has 2 aromatic rings. The first-order chi connectivity index (χ1) is 19.4. The fourth-order valence-electron chi connectivity index (χ4n) is 4.09. The van der Waals surface area contributed by atoms with Crippen molar-refractivity contribution in [2.24, 2.45) is 0 Å². The minimum atomic E-state index is -0.161. The fraction of sp³-hybridized carbons (Fsp3) is 0.467. The zero-order valence-corrected chi connectivity index (χ0v) is 24.5. The van der Waals surface area contributed by atoms with Gasteiger partial charge in [-0.25, -0.2) is 14.4 Å². The van der Waals surface area contributed by atoms with Gasteiger partial charge in [-0.15, -0.1) is 0 Å².